The molecule has 0 N–H and O–H groups in total. The summed E-state index contributed by atoms with van der Waals surface area (Å²) in [5.74, 6) is 0.103. The molecule has 2 aromatic carbocycles. The summed E-state index contributed by atoms with van der Waals surface area (Å²) in [7, 11) is 0. The minimum Gasteiger partial charge on any atom is -0.336 e. The Hall–Kier alpha value is -3.02. The van der Waals surface area contributed by atoms with Crippen LogP contribution in [0.1, 0.15) is 15.9 Å². The molecule has 1 aliphatic heterocycles. The molecular weight excluding hydrogens is 390 g/mol. The van der Waals surface area contributed by atoms with Crippen molar-refractivity contribution in [3.05, 3.63) is 89.3 Å². The van der Waals surface area contributed by atoms with Gasteiger partial charge in [0.25, 0.3) is 5.91 Å². The smallest absolute Gasteiger partial charge is 0.254 e. The molecule has 1 saturated heterocycles. The summed E-state index contributed by atoms with van der Waals surface area (Å²) in [6.07, 6.45) is 0. The van der Waals surface area contributed by atoms with Crippen molar-refractivity contribution in [2.75, 3.05) is 26.2 Å². The van der Waals surface area contributed by atoms with E-state index in [4.69, 9.17) is 4.98 Å². The number of carbonyl (C=O) groups is 1. The molecule has 2 aromatic heterocycles. The monoisotopic (exact) mass is 413 g/mol. The molecular formula is C25H23N3OS. The summed E-state index contributed by atoms with van der Waals surface area (Å²) < 4.78 is 0. The number of amides is 1. The Kier molecular flexibility index (Phi) is 5.30. The summed E-state index contributed by atoms with van der Waals surface area (Å²) in [5.41, 5.74) is 3.81. The van der Waals surface area contributed by atoms with Crippen molar-refractivity contribution in [2.24, 2.45) is 0 Å². The molecule has 0 unspecified atom stereocenters. The molecule has 4 nitrogen and oxygen atoms in total. The molecule has 30 heavy (non-hydrogen) atoms. The fourth-order valence-corrected chi connectivity index (χ4v) is 4.71. The van der Waals surface area contributed by atoms with E-state index in [0.717, 1.165) is 59.8 Å². The van der Waals surface area contributed by atoms with E-state index in [0.29, 0.717) is 0 Å². The van der Waals surface area contributed by atoms with Crippen molar-refractivity contribution < 1.29 is 4.79 Å². The zero-order chi connectivity index (χ0) is 20.3. The van der Waals surface area contributed by atoms with Crippen LogP contribution < -0.4 is 0 Å². The number of piperazine rings is 1. The third-order valence-electron chi connectivity index (χ3n) is 5.63. The van der Waals surface area contributed by atoms with Crippen molar-refractivity contribution >= 4 is 28.1 Å². The average molecular weight is 414 g/mol. The third kappa shape index (κ3) is 3.86. The van der Waals surface area contributed by atoms with E-state index < -0.39 is 0 Å². The van der Waals surface area contributed by atoms with Gasteiger partial charge in [-0.1, -0.05) is 54.6 Å². The second kappa shape index (κ2) is 8.38. The molecule has 0 atom stereocenters. The Balaban J connectivity index is 1.37. The van der Waals surface area contributed by atoms with E-state index in [-0.39, 0.29) is 5.91 Å². The first-order valence-corrected chi connectivity index (χ1v) is 11.1. The first-order valence-electron chi connectivity index (χ1n) is 10.3. The average Bonchev–Trinajstić information content (AvgIpc) is 3.34. The Morgan fingerprint density at radius 3 is 2.43 bits per heavy atom. The van der Waals surface area contributed by atoms with Gasteiger partial charge in [0, 0.05) is 38.1 Å². The number of thiophene rings is 1. The van der Waals surface area contributed by atoms with Gasteiger partial charge in [-0.25, -0.2) is 4.98 Å². The molecule has 3 heterocycles. The largest absolute Gasteiger partial charge is 0.336 e. The molecule has 5 rings (SSSR count). The second-order valence-electron chi connectivity index (χ2n) is 7.60. The van der Waals surface area contributed by atoms with Gasteiger partial charge in [0.2, 0.25) is 0 Å². The van der Waals surface area contributed by atoms with Gasteiger partial charge in [0.15, 0.2) is 0 Å². The van der Waals surface area contributed by atoms with Crippen LogP contribution >= 0.6 is 11.3 Å². The Bertz CT molecular complexity index is 1150. The summed E-state index contributed by atoms with van der Waals surface area (Å²) in [4.78, 5) is 23.8. The molecule has 1 amide bonds. The highest BCUT2D eigenvalue weighted by molar-refractivity contribution is 7.13. The first kappa shape index (κ1) is 19.0. The van der Waals surface area contributed by atoms with Crippen LogP contribution in [0.4, 0.5) is 0 Å². The van der Waals surface area contributed by atoms with E-state index in [1.165, 1.54) is 5.56 Å². The predicted molar refractivity (Wildman–Crippen MR) is 123 cm³/mol. The number of benzene rings is 2. The number of rotatable bonds is 4. The standard InChI is InChI=1S/C25H23N3OS/c29-25(28-14-12-27(13-15-28)18-19-7-2-1-3-8-19)21-17-23(24-11-6-16-30-24)26-22-10-5-4-9-20(21)22/h1-11,16-17H,12-15,18H2. The van der Waals surface area contributed by atoms with E-state index >= 15 is 0 Å². The number of hydrogen-bond donors (Lipinski definition) is 0. The number of pyridine rings is 1. The minimum absolute atomic E-state index is 0.103. The lowest BCUT2D eigenvalue weighted by Gasteiger charge is -2.35. The molecule has 0 saturated carbocycles. The number of nitrogens with zero attached hydrogens (tertiary/aromatic N) is 3. The molecule has 1 fully saturated rings. The molecule has 150 valence electrons. The molecule has 1 aliphatic rings. The minimum atomic E-state index is 0.103. The van der Waals surface area contributed by atoms with E-state index in [1.54, 1.807) is 11.3 Å². The third-order valence-corrected chi connectivity index (χ3v) is 6.52. The molecule has 5 heteroatoms. The van der Waals surface area contributed by atoms with Crippen molar-refractivity contribution in [2.45, 2.75) is 6.54 Å². The Morgan fingerprint density at radius 1 is 0.900 bits per heavy atom. The fraction of sp³-hybridized carbons (Fsp3) is 0.200. The maximum Gasteiger partial charge on any atom is 0.254 e. The van der Waals surface area contributed by atoms with Crippen LogP contribution in [0.3, 0.4) is 0 Å². The van der Waals surface area contributed by atoms with E-state index in [9.17, 15) is 4.79 Å². The van der Waals surface area contributed by atoms with Gasteiger partial charge in [-0.15, -0.1) is 11.3 Å². The van der Waals surface area contributed by atoms with Gasteiger partial charge in [-0.2, -0.15) is 0 Å². The maximum absolute atomic E-state index is 13.5. The van der Waals surface area contributed by atoms with Crippen molar-refractivity contribution in [3.8, 4) is 10.6 Å². The summed E-state index contributed by atoms with van der Waals surface area (Å²) in [6.45, 7) is 4.21. The van der Waals surface area contributed by atoms with Gasteiger partial charge in [0.05, 0.1) is 21.7 Å². The van der Waals surface area contributed by atoms with Crippen molar-refractivity contribution in [1.29, 1.82) is 0 Å². The number of hydrogen-bond acceptors (Lipinski definition) is 4. The zero-order valence-corrected chi connectivity index (χ0v) is 17.5. The normalized spacial score (nSPS) is 14.9. The highest BCUT2D eigenvalue weighted by atomic mass is 32.1. The lowest BCUT2D eigenvalue weighted by molar-refractivity contribution is 0.0630. The highest BCUT2D eigenvalue weighted by Crippen LogP contribution is 2.28. The van der Waals surface area contributed by atoms with Crippen LogP contribution in [0.15, 0.2) is 78.2 Å². The second-order valence-corrected chi connectivity index (χ2v) is 8.55. The summed E-state index contributed by atoms with van der Waals surface area (Å²) >= 11 is 1.65. The van der Waals surface area contributed by atoms with E-state index in [2.05, 4.69) is 35.2 Å². The molecule has 0 bridgehead atoms. The zero-order valence-electron chi connectivity index (χ0n) is 16.7. The first-order chi connectivity index (χ1) is 14.8. The Labute approximate surface area is 180 Å². The molecule has 4 aromatic rings. The lowest BCUT2D eigenvalue weighted by atomic mass is 10.1. The van der Waals surface area contributed by atoms with E-state index in [1.807, 2.05) is 52.7 Å². The van der Waals surface area contributed by atoms with Crippen LogP contribution in [0.2, 0.25) is 0 Å². The van der Waals surface area contributed by atoms with Crippen molar-refractivity contribution in [3.63, 3.8) is 0 Å². The lowest BCUT2D eigenvalue weighted by Crippen LogP contribution is -2.48. The van der Waals surface area contributed by atoms with Gasteiger partial charge in [-0.05, 0) is 29.1 Å². The Morgan fingerprint density at radius 2 is 1.67 bits per heavy atom. The molecule has 0 aliphatic carbocycles. The van der Waals surface area contributed by atoms with Gasteiger partial charge in [0.1, 0.15) is 0 Å². The predicted octanol–water partition coefficient (Wildman–Crippen LogP) is 4.92. The summed E-state index contributed by atoms with van der Waals surface area (Å²) in [5, 5.41) is 2.97. The fourth-order valence-electron chi connectivity index (χ4n) is 4.02. The number of carbonyl (C=O) groups excluding carboxylic acids is 1. The van der Waals surface area contributed by atoms with Gasteiger partial charge >= 0.3 is 0 Å². The highest BCUT2D eigenvalue weighted by Gasteiger charge is 2.24. The van der Waals surface area contributed by atoms with Crippen LogP contribution in [-0.2, 0) is 6.54 Å². The SMILES string of the molecule is O=C(c1cc(-c2cccs2)nc2ccccc12)N1CCN(Cc2ccccc2)CC1. The number of fused-ring (bicyclic) bond motifs is 1. The maximum atomic E-state index is 13.5. The molecule has 0 radical (unpaired) electrons. The van der Waals surface area contributed by atoms with Gasteiger partial charge in [-0.3, -0.25) is 9.69 Å². The van der Waals surface area contributed by atoms with Crippen LogP contribution in [0.5, 0.6) is 0 Å². The van der Waals surface area contributed by atoms with Crippen LogP contribution in [0, 0.1) is 0 Å². The topological polar surface area (TPSA) is 36.4 Å². The summed E-state index contributed by atoms with van der Waals surface area (Å²) in [6, 6.07) is 24.5. The number of para-hydroxylation sites is 1. The molecule has 0 spiro atoms. The van der Waals surface area contributed by atoms with Crippen LogP contribution in [0.25, 0.3) is 21.5 Å². The quantitative estimate of drug-likeness (QED) is 0.476. The number of aromatic nitrogens is 1. The van der Waals surface area contributed by atoms with Gasteiger partial charge < -0.3 is 4.90 Å². The van der Waals surface area contributed by atoms with Crippen molar-refractivity contribution in [1.82, 2.24) is 14.8 Å². The van der Waals surface area contributed by atoms with Crippen LogP contribution in [-0.4, -0.2) is 46.9 Å².